The van der Waals surface area contributed by atoms with E-state index in [1.807, 2.05) is 48.7 Å². The first-order chi connectivity index (χ1) is 20.0. The molecule has 0 saturated heterocycles. The van der Waals surface area contributed by atoms with Crippen LogP contribution in [0.15, 0.2) is 60.8 Å². The zero-order valence-electron chi connectivity index (χ0n) is 23.9. The van der Waals surface area contributed by atoms with E-state index >= 15 is 0 Å². The SMILES string of the molecule is COc1ccc(Cc2cnc(NCCc3ccccc3Cl)nc2N2CCc3cc(OC)c(OC)cc3C2)cc1OC. The molecule has 41 heavy (non-hydrogen) atoms. The van der Waals surface area contributed by atoms with Gasteiger partial charge in [-0.1, -0.05) is 35.9 Å². The highest BCUT2D eigenvalue weighted by atomic mass is 35.5. The van der Waals surface area contributed by atoms with Gasteiger partial charge in [0.1, 0.15) is 5.82 Å². The quantitative estimate of drug-likeness (QED) is 0.235. The molecule has 1 aliphatic heterocycles. The lowest BCUT2D eigenvalue weighted by molar-refractivity contribution is 0.353. The third-order valence-corrected chi connectivity index (χ3v) is 7.71. The van der Waals surface area contributed by atoms with Gasteiger partial charge in [-0.15, -0.1) is 0 Å². The van der Waals surface area contributed by atoms with Crippen LogP contribution in [0.3, 0.4) is 0 Å². The molecular weight excluding hydrogens is 540 g/mol. The standard InChI is InChI=1S/C32H35ClN4O4/c1-38-27-10-9-21(16-28(27)39-2)15-24-19-35-32(34-13-11-22-7-5-6-8-26(22)33)36-31(24)37-14-12-23-17-29(40-3)30(41-4)18-25(23)20-37/h5-10,16-19H,11-15,20H2,1-4H3,(H,34,35,36). The first-order valence-corrected chi connectivity index (χ1v) is 13.9. The summed E-state index contributed by atoms with van der Waals surface area (Å²) in [6.07, 6.45) is 4.20. The van der Waals surface area contributed by atoms with Gasteiger partial charge in [-0.05, 0) is 65.4 Å². The average Bonchev–Trinajstić information content (AvgIpc) is 3.01. The van der Waals surface area contributed by atoms with Gasteiger partial charge < -0.3 is 29.2 Å². The number of hydrogen-bond acceptors (Lipinski definition) is 8. The summed E-state index contributed by atoms with van der Waals surface area (Å²) >= 11 is 6.35. The minimum Gasteiger partial charge on any atom is -0.493 e. The number of methoxy groups -OCH3 is 4. The summed E-state index contributed by atoms with van der Waals surface area (Å²) in [4.78, 5) is 12.0. The zero-order chi connectivity index (χ0) is 28.8. The van der Waals surface area contributed by atoms with Gasteiger partial charge in [-0.25, -0.2) is 4.98 Å². The Labute approximate surface area is 246 Å². The maximum Gasteiger partial charge on any atom is 0.224 e. The Morgan fingerprint density at radius 1 is 0.829 bits per heavy atom. The number of nitrogens with one attached hydrogen (secondary N) is 1. The van der Waals surface area contributed by atoms with Crippen LogP contribution in [0.2, 0.25) is 5.02 Å². The van der Waals surface area contributed by atoms with Gasteiger partial charge in [-0.3, -0.25) is 0 Å². The minimum absolute atomic E-state index is 0.584. The van der Waals surface area contributed by atoms with E-state index in [1.165, 1.54) is 11.1 Å². The minimum atomic E-state index is 0.584. The molecule has 0 saturated carbocycles. The van der Waals surface area contributed by atoms with Gasteiger partial charge in [0, 0.05) is 42.8 Å². The Morgan fingerprint density at radius 3 is 2.27 bits per heavy atom. The molecule has 3 aromatic carbocycles. The Bertz CT molecular complexity index is 1510. The second-order valence-electron chi connectivity index (χ2n) is 9.82. The van der Waals surface area contributed by atoms with E-state index in [1.54, 1.807) is 28.4 Å². The monoisotopic (exact) mass is 574 g/mol. The second-order valence-corrected chi connectivity index (χ2v) is 10.2. The van der Waals surface area contributed by atoms with Crippen LogP contribution in [0.1, 0.15) is 27.8 Å². The van der Waals surface area contributed by atoms with E-state index in [9.17, 15) is 0 Å². The molecule has 0 atom stereocenters. The number of benzene rings is 3. The fourth-order valence-electron chi connectivity index (χ4n) is 5.17. The van der Waals surface area contributed by atoms with Gasteiger partial charge in [-0.2, -0.15) is 4.98 Å². The van der Waals surface area contributed by atoms with E-state index in [0.29, 0.717) is 37.0 Å². The van der Waals surface area contributed by atoms with Crippen molar-refractivity contribution in [2.75, 3.05) is 51.7 Å². The summed E-state index contributed by atoms with van der Waals surface area (Å²) in [5, 5.41) is 4.16. The zero-order valence-corrected chi connectivity index (χ0v) is 24.6. The number of aromatic nitrogens is 2. The van der Waals surface area contributed by atoms with E-state index in [0.717, 1.165) is 58.4 Å². The topological polar surface area (TPSA) is 78.0 Å². The van der Waals surface area contributed by atoms with Crippen LogP contribution in [0.5, 0.6) is 23.0 Å². The van der Waals surface area contributed by atoms with E-state index in [2.05, 4.69) is 27.3 Å². The van der Waals surface area contributed by atoms with Gasteiger partial charge in [0.2, 0.25) is 5.95 Å². The smallest absolute Gasteiger partial charge is 0.224 e. The molecule has 1 aromatic heterocycles. The highest BCUT2D eigenvalue weighted by Crippen LogP contribution is 2.36. The Balaban J connectivity index is 1.43. The number of rotatable bonds is 11. The molecule has 2 heterocycles. The summed E-state index contributed by atoms with van der Waals surface area (Å²) in [6, 6.07) is 18.0. The maximum absolute atomic E-state index is 6.35. The lowest BCUT2D eigenvalue weighted by Crippen LogP contribution is -2.32. The maximum atomic E-state index is 6.35. The molecule has 0 unspecified atom stereocenters. The van der Waals surface area contributed by atoms with Crippen molar-refractivity contribution in [1.82, 2.24) is 9.97 Å². The van der Waals surface area contributed by atoms with Crippen molar-refractivity contribution in [3.8, 4) is 23.0 Å². The van der Waals surface area contributed by atoms with E-state index in [4.69, 9.17) is 35.5 Å². The number of anilines is 2. The molecule has 5 rings (SSSR count). The molecule has 1 aliphatic rings. The summed E-state index contributed by atoms with van der Waals surface area (Å²) in [6.45, 7) is 2.18. The third-order valence-electron chi connectivity index (χ3n) is 7.34. The Kier molecular flexibility index (Phi) is 8.99. The number of ether oxygens (including phenoxy) is 4. The van der Waals surface area contributed by atoms with Crippen LogP contribution in [-0.2, 0) is 25.8 Å². The van der Waals surface area contributed by atoms with Crippen LogP contribution < -0.4 is 29.2 Å². The van der Waals surface area contributed by atoms with Crippen molar-refractivity contribution in [2.24, 2.45) is 0 Å². The van der Waals surface area contributed by atoms with Gasteiger partial charge in [0.15, 0.2) is 23.0 Å². The Hall–Kier alpha value is -4.17. The van der Waals surface area contributed by atoms with Crippen molar-refractivity contribution < 1.29 is 18.9 Å². The predicted molar refractivity (Wildman–Crippen MR) is 162 cm³/mol. The van der Waals surface area contributed by atoms with Crippen LogP contribution in [0, 0.1) is 0 Å². The summed E-state index contributed by atoms with van der Waals surface area (Å²) in [5.41, 5.74) is 5.64. The fourth-order valence-corrected chi connectivity index (χ4v) is 5.40. The van der Waals surface area contributed by atoms with Crippen molar-refractivity contribution in [3.05, 3.63) is 93.6 Å². The summed E-state index contributed by atoms with van der Waals surface area (Å²) in [5.74, 6) is 4.35. The number of nitrogens with zero attached hydrogens (tertiary/aromatic N) is 3. The molecule has 8 nitrogen and oxygen atoms in total. The average molecular weight is 575 g/mol. The van der Waals surface area contributed by atoms with E-state index in [-0.39, 0.29) is 0 Å². The van der Waals surface area contributed by atoms with Crippen LogP contribution in [0.25, 0.3) is 0 Å². The molecule has 0 spiro atoms. The van der Waals surface area contributed by atoms with E-state index < -0.39 is 0 Å². The molecule has 1 N–H and O–H groups in total. The number of halogens is 1. The van der Waals surface area contributed by atoms with Crippen molar-refractivity contribution >= 4 is 23.4 Å². The molecule has 0 radical (unpaired) electrons. The molecule has 4 aromatic rings. The van der Waals surface area contributed by atoms with Crippen LogP contribution >= 0.6 is 11.6 Å². The molecule has 0 amide bonds. The summed E-state index contributed by atoms with van der Waals surface area (Å²) in [7, 11) is 6.62. The lowest BCUT2D eigenvalue weighted by atomic mass is 9.98. The van der Waals surface area contributed by atoms with Gasteiger partial charge in [0.05, 0.1) is 28.4 Å². The van der Waals surface area contributed by atoms with Gasteiger partial charge >= 0.3 is 0 Å². The molecule has 214 valence electrons. The molecular formula is C32H35ClN4O4. The second kappa shape index (κ2) is 13.0. The highest BCUT2D eigenvalue weighted by Gasteiger charge is 2.23. The van der Waals surface area contributed by atoms with Gasteiger partial charge in [0.25, 0.3) is 0 Å². The molecule has 9 heteroatoms. The van der Waals surface area contributed by atoms with Crippen molar-refractivity contribution in [2.45, 2.75) is 25.8 Å². The summed E-state index contributed by atoms with van der Waals surface area (Å²) < 4.78 is 22.1. The highest BCUT2D eigenvalue weighted by molar-refractivity contribution is 6.31. The molecule has 0 fully saturated rings. The number of fused-ring (bicyclic) bond motifs is 1. The molecule has 0 aliphatic carbocycles. The Morgan fingerprint density at radius 2 is 1.54 bits per heavy atom. The van der Waals surface area contributed by atoms with Crippen LogP contribution in [-0.4, -0.2) is 51.5 Å². The molecule has 0 bridgehead atoms. The van der Waals surface area contributed by atoms with Crippen LogP contribution in [0.4, 0.5) is 11.8 Å². The predicted octanol–water partition coefficient (Wildman–Crippen LogP) is 5.97. The lowest BCUT2D eigenvalue weighted by Gasteiger charge is -2.32. The largest absolute Gasteiger partial charge is 0.493 e. The third kappa shape index (κ3) is 6.43. The van der Waals surface area contributed by atoms with Crippen molar-refractivity contribution in [3.63, 3.8) is 0 Å². The van der Waals surface area contributed by atoms with Crippen molar-refractivity contribution in [1.29, 1.82) is 0 Å². The number of hydrogen-bond donors (Lipinski definition) is 1. The first-order valence-electron chi connectivity index (χ1n) is 13.6. The normalized spacial score (nSPS) is 12.5. The first kappa shape index (κ1) is 28.4. The fraction of sp³-hybridized carbons (Fsp3) is 0.312.